The summed E-state index contributed by atoms with van der Waals surface area (Å²) in [7, 11) is 0. The molecule has 0 unspecified atom stereocenters. The van der Waals surface area contributed by atoms with Crippen LogP contribution < -0.4 is 23.5 Å². The van der Waals surface area contributed by atoms with E-state index in [4.69, 9.17) is 5.73 Å². The van der Waals surface area contributed by atoms with Crippen LogP contribution in [0.2, 0.25) is 0 Å². The molecule has 0 aliphatic carbocycles. The van der Waals surface area contributed by atoms with Gasteiger partial charge in [0.2, 0.25) is 0 Å². The fourth-order valence-corrected chi connectivity index (χ4v) is 2.05. The van der Waals surface area contributed by atoms with Gasteiger partial charge in [0.15, 0.2) is 5.69 Å². The third kappa shape index (κ3) is 3.13. The number of aromatic nitrogens is 2. The average molecular weight is 346 g/mol. The Morgan fingerprint density at radius 3 is 2.89 bits per heavy atom. The van der Waals surface area contributed by atoms with Crippen LogP contribution in [-0.4, -0.2) is 22.6 Å². The van der Waals surface area contributed by atoms with Crippen LogP contribution in [0.5, 0.6) is 0 Å². The fourth-order valence-electron chi connectivity index (χ4n) is 1.61. The number of anilines is 1. The van der Waals surface area contributed by atoms with Gasteiger partial charge in [-0.05, 0) is 28.4 Å². The van der Waals surface area contributed by atoms with Crippen molar-refractivity contribution >= 4 is 38.4 Å². The largest absolute Gasteiger partial charge is 1.00 e. The van der Waals surface area contributed by atoms with Gasteiger partial charge >= 0.3 is 1.43 Å². The highest BCUT2D eigenvalue weighted by molar-refractivity contribution is 9.10. The number of hydrogen-bond donors (Lipinski definition) is 2. The van der Waals surface area contributed by atoms with Gasteiger partial charge in [-0.25, -0.2) is 0 Å². The van der Waals surface area contributed by atoms with Gasteiger partial charge in [0.1, 0.15) is 5.52 Å². The van der Waals surface area contributed by atoms with Crippen molar-refractivity contribution in [1.82, 2.24) is 15.5 Å². The van der Waals surface area contributed by atoms with E-state index in [-0.39, 0.29) is 25.4 Å². The molecular weight excluding hydrogens is 332 g/mol. The van der Waals surface area contributed by atoms with Gasteiger partial charge in [-0.1, -0.05) is 19.1 Å². The lowest BCUT2D eigenvalue weighted by Gasteiger charge is -2.08. The van der Waals surface area contributed by atoms with Gasteiger partial charge in [0.05, 0.1) is 5.69 Å². The molecule has 7 heteroatoms. The van der Waals surface area contributed by atoms with Crippen LogP contribution in [0.3, 0.4) is 0 Å². The highest BCUT2D eigenvalue weighted by atomic mass is 79.9. The first kappa shape index (κ1) is 15.7. The summed E-state index contributed by atoms with van der Waals surface area (Å²) in [5, 5.41) is 11.4. The molecule has 102 valence electrons. The van der Waals surface area contributed by atoms with Crippen LogP contribution >= 0.6 is 15.9 Å². The molecule has 2 aromatic rings. The summed E-state index contributed by atoms with van der Waals surface area (Å²) in [4.78, 5) is 11.8. The molecule has 1 heterocycles. The predicted octanol–water partition coefficient (Wildman–Crippen LogP) is -0.769. The van der Waals surface area contributed by atoms with Gasteiger partial charge in [0, 0.05) is 16.4 Å². The van der Waals surface area contributed by atoms with E-state index in [9.17, 15) is 4.79 Å². The van der Waals surface area contributed by atoms with E-state index in [0.29, 0.717) is 17.7 Å². The zero-order chi connectivity index (χ0) is 13.1. The van der Waals surface area contributed by atoms with Crippen molar-refractivity contribution in [3.63, 3.8) is 0 Å². The van der Waals surface area contributed by atoms with Crippen LogP contribution in [-0.2, 0) is 0 Å². The van der Waals surface area contributed by atoms with Gasteiger partial charge in [0.25, 0.3) is 5.91 Å². The van der Waals surface area contributed by atoms with Crippen LogP contribution in [0, 0.1) is 0 Å². The molecule has 2 rings (SSSR count). The van der Waals surface area contributed by atoms with Gasteiger partial charge in [-0.15, -0.1) is 10.2 Å². The van der Waals surface area contributed by atoms with Crippen molar-refractivity contribution in [1.29, 1.82) is 0 Å². The lowest BCUT2D eigenvalue weighted by molar-refractivity contribution is -0.0000121. The second-order valence-electron chi connectivity index (χ2n) is 3.85. The number of benzene rings is 1. The first-order chi connectivity index (χ1) is 8.65. The normalized spacial score (nSPS) is 10.0. The molecule has 0 saturated carbocycles. The molecule has 1 aromatic carbocycles. The lowest BCUT2D eigenvalue weighted by Crippen LogP contribution is -3.00. The first-order valence-corrected chi connectivity index (χ1v) is 6.43. The molecular formula is C12H14BrClN4O. The quantitative estimate of drug-likeness (QED) is 0.765. The molecule has 0 aliphatic rings. The van der Waals surface area contributed by atoms with Crippen molar-refractivity contribution in [2.45, 2.75) is 13.3 Å². The topological polar surface area (TPSA) is 80.9 Å². The van der Waals surface area contributed by atoms with Crippen LogP contribution in [0.15, 0.2) is 22.7 Å². The van der Waals surface area contributed by atoms with E-state index < -0.39 is 0 Å². The molecule has 5 nitrogen and oxygen atoms in total. The molecule has 3 N–H and O–H groups in total. The molecule has 1 aromatic heterocycles. The highest BCUT2D eigenvalue weighted by Gasteiger charge is 2.15. The highest BCUT2D eigenvalue weighted by Crippen LogP contribution is 2.26. The van der Waals surface area contributed by atoms with Crippen LogP contribution in [0.25, 0.3) is 10.9 Å². The Morgan fingerprint density at radius 2 is 2.21 bits per heavy atom. The smallest absolute Gasteiger partial charge is 1.00 e. The Balaban J connectivity index is 0.00000180. The molecule has 0 atom stereocenters. The standard InChI is InChI=1S/C12H13BrN4O.ClH/c1-2-6-15-12(18)11-9(14)7-4-3-5-8(13)10(7)16-17-11;/h3-5H,2,6H2,1H3,(H2,14,16)(H,15,18);1H. The molecule has 0 saturated heterocycles. The van der Waals surface area contributed by atoms with Crippen molar-refractivity contribution < 1.29 is 18.6 Å². The van der Waals surface area contributed by atoms with Gasteiger partial charge in [-0.2, -0.15) is 0 Å². The summed E-state index contributed by atoms with van der Waals surface area (Å²) < 4.78 is 0.805. The fraction of sp³-hybridized carbons (Fsp3) is 0.250. The zero-order valence-corrected chi connectivity index (χ0v) is 12.6. The maximum absolute atomic E-state index is 11.8. The average Bonchev–Trinajstić information content (AvgIpc) is 2.37. The Labute approximate surface area is 127 Å². The summed E-state index contributed by atoms with van der Waals surface area (Å²) in [5.41, 5.74) is 7.16. The number of nitrogens with one attached hydrogen (secondary N) is 1. The van der Waals surface area contributed by atoms with E-state index in [1.54, 1.807) is 0 Å². The minimum absolute atomic E-state index is 0. The molecule has 19 heavy (non-hydrogen) atoms. The van der Waals surface area contributed by atoms with E-state index >= 15 is 0 Å². The van der Waals surface area contributed by atoms with Crippen LogP contribution in [0.1, 0.15) is 25.3 Å². The summed E-state index contributed by atoms with van der Waals surface area (Å²) in [6.45, 7) is 2.57. The van der Waals surface area contributed by atoms with Crippen molar-refractivity contribution in [3.8, 4) is 0 Å². The number of rotatable bonds is 3. The minimum Gasteiger partial charge on any atom is -1.00 e. The van der Waals surface area contributed by atoms with Gasteiger partial charge in [-0.3, -0.25) is 4.79 Å². The molecule has 1 amide bonds. The summed E-state index contributed by atoms with van der Waals surface area (Å²) in [6.07, 6.45) is 0.859. The molecule has 0 radical (unpaired) electrons. The molecule has 0 bridgehead atoms. The Bertz CT molecular complexity index is 611. The number of nitrogens with zero attached hydrogens (tertiary/aromatic N) is 2. The van der Waals surface area contributed by atoms with E-state index in [0.717, 1.165) is 16.3 Å². The lowest BCUT2D eigenvalue weighted by atomic mass is 10.1. The number of carbonyl (C=O) groups excluding carboxylic acids is 1. The second kappa shape index (κ2) is 6.68. The first-order valence-electron chi connectivity index (χ1n) is 5.63. The van der Waals surface area contributed by atoms with Crippen LogP contribution in [0.4, 0.5) is 5.69 Å². The number of nitrogen functional groups attached to an aromatic ring is 1. The Morgan fingerprint density at radius 1 is 1.47 bits per heavy atom. The number of amides is 1. The number of carbonyl (C=O) groups is 1. The zero-order valence-electron chi connectivity index (χ0n) is 11.3. The van der Waals surface area contributed by atoms with E-state index in [1.165, 1.54) is 0 Å². The number of nitrogens with two attached hydrogens (primary N) is 1. The van der Waals surface area contributed by atoms with Crippen molar-refractivity contribution in [2.75, 3.05) is 12.3 Å². The minimum atomic E-state index is -0.288. The maximum Gasteiger partial charge on any atom is 1.00 e. The molecule has 0 spiro atoms. The molecule has 0 aliphatic heterocycles. The third-order valence-electron chi connectivity index (χ3n) is 2.53. The summed E-state index contributed by atoms with van der Waals surface area (Å²) in [6, 6.07) is 5.52. The Kier molecular flexibility index (Phi) is 5.50. The maximum atomic E-state index is 11.8. The molecule has 0 fully saturated rings. The van der Waals surface area contributed by atoms with Crippen molar-refractivity contribution in [2.24, 2.45) is 0 Å². The van der Waals surface area contributed by atoms with E-state index in [1.807, 2.05) is 25.1 Å². The summed E-state index contributed by atoms with van der Waals surface area (Å²) >= 11 is 3.38. The number of fused-ring (bicyclic) bond motifs is 1. The van der Waals surface area contributed by atoms with E-state index in [2.05, 4.69) is 31.4 Å². The third-order valence-corrected chi connectivity index (χ3v) is 3.17. The monoisotopic (exact) mass is 344 g/mol. The van der Waals surface area contributed by atoms with Crippen molar-refractivity contribution in [3.05, 3.63) is 28.4 Å². The Hall–Kier alpha value is -1.40. The number of halogens is 2. The SMILES string of the molecule is CCCNC(=O)c1nnc2c(Br)cccc2c1N.[Cl-].[H+]. The van der Waals surface area contributed by atoms with Gasteiger partial charge < -0.3 is 23.5 Å². The second-order valence-corrected chi connectivity index (χ2v) is 4.71. The summed E-state index contributed by atoms with van der Waals surface area (Å²) in [5.74, 6) is -0.288. The number of hydrogen-bond acceptors (Lipinski definition) is 4. The predicted molar refractivity (Wildman–Crippen MR) is 75.4 cm³/mol.